The van der Waals surface area contributed by atoms with Gasteiger partial charge in [-0.1, -0.05) is 20.8 Å². The Bertz CT molecular complexity index is 417. The monoisotopic (exact) mass is 293 g/mol. The molecule has 0 amide bonds. The molecule has 21 heavy (non-hydrogen) atoms. The smallest absolute Gasteiger partial charge is 0.0728 e. The molecule has 4 heteroatoms. The van der Waals surface area contributed by atoms with Gasteiger partial charge in [-0.15, -0.1) is 0 Å². The highest BCUT2D eigenvalue weighted by Gasteiger charge is 2.32. The largest absolute Gasteiger partial charge is 0.389 e. The third-order valence-corrected chi connectivity index (χ3v) is 4.82. The average Bonchev–Trinajstić information content (AvgIpc) is 2.91. The van der Waals surface area contributed by atoms with Crippen molar-refractivity contribution in [3.63, 3.8) is 0 Å². The quantitative estimate of drug-likeness (QED) is 0.840. The van der Waals surface area contributed by atoms with Crippen LogP contribution in [0.25, 0.3) is 0 Å². The molecule has 0 bridgehead atoms. The summed E-state index contributed by atoms with van der Waals surface area (Å²) < 4.78 is 2.07. The minimum atomic E-state index is -0.558. The van der Waals surface area contributed by atoms with Gasteiger partial charge in [0.2, 0.25) is 0 Å². The Kier molecular flexibility index (Phi) is 5.82. The Morgan fingerprint density at radius 1 is 1.24 bits per heavy atom. The van der Waals surface area contributed by atoms with E-state index in [0.717, 1.165) is 51.0 Å². The van der Waals surface area contributed by atoms with Gasteiger partial charge in [-0.2, -0.15) is 5.10 Å². The standard InChI is InChI=1S/C17H31N3O/c1-4-10-19-12-8-17(21,9-13-19)14-15-7-11-20(18-15)16(5-2)6-3/h7,11,16,21H,4-6,8-10,12-14H2,1-3H3. The van der Waals surface area contributed by atoms with Crippen LogP contribution in [0.4, 0.5) is 0 Å². The van der Waals surface area contributed by atoms with E-state index in [1.54, 1.807) is 0 Å². The SMILES string of the molecule is CCCN1CCC(O)(Cc2ccn(C(CC)CC)n2)CC1. The topological polar surface area (TPSA) is 41.3 Å². The van der Waals surface area contributed by atoms with Gasteiger partial charge in [0.25, 0.3) is 0 Å². The summed E-state index contributed by atoms with van der Waals surface area (Å²) >= 11 is 0. The molecule has 0 aliphatic carbocycles. The maximum atomic E-state index is 10.8. The van der Waals surface area contributed by atoms with Gasteiger partial charge in [0, 0.05) is 25.7 Å². The summed E-state index contributed by atoms with van der Waals surface area (Å²) in [5.74, 6) is 0. The summed E-state index contributed by atoms with van der Waals surface area (Å²) in [5.41, 5.74) is 0.477. The molecule has 0 unspecified atom stereocenters. The van der Waals surface area contributed by atoms with Crippen molar-refractivity contribution in [2.24, 2.45) is 0 Å². The van der Waals surface area contributed by atoms with Crippen molar-refractivity contribution < 1.29 is 5.11 Å². The van der Waals surface area contributed by atoms with E-state index in [1.807, 2.05) is 0 Å². The van der Waals surface area contributed by atoms with Crippen molar-refractivity contribution in [1.29, 1.82) is 0 Å². The Balaban J connectivity index is 1.92. The molecule has 0 radical (unpaired) electrons. The second-order valence-corrected chi connectivity index (χ2v) is 6.50. The molecule has 1 N–H and O–H groups in total. The Hall–Kier alpha value is -0.870. The normalized spacial score (nSPS) is 19.3. The van der Waals surface area contributed by atoms with Crippen LogP contribution in [0.2, 0.25) is 0 Å². The van der Waals surface area contributed by atoms with Crippen molar-refractivity contribution in [2.75, 3.05) is 19.6 Å². The van der Waals surface area contributed by atoms with Crippen LogP contribution >= 0.6 is 0 Å². The van der Waals surface area contributed by atoms with Crippen LogP contribution in [0, 0.1) is 0 Å². The molecule has 0 aromatic carbocycles. The lowest BCUT2D eigenvalue weighted by Gasteiger charge is -2.37. The van der Waals surface area contributed by atoms with E-state index in [0.29, 0.717) is 12.5 Å². The van der Waals surface area contributed by atoms with Gasteiger partial charge in [-0.3, -0.25) is 4.68 Å². The fourth-order valence-electron chi connectivity index (χ4n) is 3.36. The molecule has 0 atom stereocenters. The van der Waals surface area contributed by atoms with Gasteiger partial charge in [-0.25, -0.2) is 0 Å². The molecule has 120 valence electrons. The molecular formula is C17H31N3O. The Labute approximate surface area is 129 Å². The number of likely N-dealkylation sites (tertiary alicyclic amines) is 1. The Morgan fingerprint density at radius 2 is 1.90 bits per heavy atom. The molecule has 1 saturated heterocycles. The summed E-state index contributed by atoms with van der Waals surface area (Å²) in [7, 11) is 0. The lowest BCUT2D eigenvalue weighted by molar-refractivity contribution is -0.0213. The molecule has 1 aliphatic heterocycles. The molecular weight excluding hydrogens is 262 g/mol. The lowest BCUT2D eigenvalue weighted by atomic mass is 9.87. The first-order valence-corrected chi connectivity index (χ1v) is 8.59. The minimum Gasteiger partial charge on any atom is -0.389 e. The van der Waals surface area contributed by atoms with E-state index < -0.39 is 5.60 Å². The van der Waals surface area contributed by atoms with Crippen LogP contribution in [0.1, 0.15) is 64.6 Å². The molecule has 2 rings (SSSR count). The van der Waals surface area contributed by atoms with Crippen molar-refractivity contribution in [3.05, 3.63) is 18.0 Å². The van der Waals surface area contributed by atoms with Crippen LogP contribution < -0.4 is 0 Å². The molecule has 1 fully saturated rings. The Morgan fingerprint density at radius 3 is 2.48 bits per heavy atom. The molecule has 1 aromatic heterocycles. The number of nitrogens with zero attached hydrogens (tertiary/aromatic N) is 3. The first kappa shape index (κ1) is 16.5. The van der Waals surface area contributed by atoms with Gasteiger partial charge in [-0.05, 0) is 44.7 Å². The van der Waals surface area contributed by atoms with Crippen LogP contribution in [0.5, 0.6) is 0 Å². The second-order valence-electron chi connectivity index (χ2n) is 6.50. The number of hydrogen-bond donors (Lipinski definition) is 1. The van der Waals surface area contributed by atoms with Crippen molar-refractivity contribution in [3.8, 4) is 0 Å². The third kappa shape index (κ3) is 4.30. The van der Waals surface area contributed by atoms with Gasteiger partial charge >= 0.3 is 0 Å². The van der Waals surface area contributed by atoms with E-state index in [9.17, 15) is 5.11 Å². The first-order chi connectivity index (χ1) is 10.1. The highest BCUT2D eigenvalue weighted by atomic mass is 16.3. The van der Waals surface area contributed by atoms with E-state index in [4.69, 9.17) is 0 Å². The zero-order valence-corrected chi connectivity index (χ0v) is 13.9. The van der Waals surface area contributed by atoms with E-state index in [2.05, 4.69) is 47.7 Å². The van der Waals surface area contributed by atoms with Crippen molar-refractivity contribution >= 4 is 0 Å². The van der Waals surface area contributed by atoms with Gasteiger partial charge in [0.1, 0.15) is 0 Å². The fraction of sp³-hybridized carbons (Fsp3) is 0.824. The number of piperidine rings is 1. The zero-order chi connectivity index (χ0) is 15.3. The van der Waals surface area contributed by atoms with Gasteiger partial charge in [0.15, 0.2) is 0 Å². The molecule has 0 spiro atoms. The molecule has 1 aliphatic rings. The van der Waals surface area contributed by atoms with Crippen LogP contribution in [-0.4, -0.2) is 45.0 Å². The highest BCUT2D eigenvalue weighted by molar-refractivity contribution is 5.06. The predicted octanol–water partition coefficient (Wildman–Crippen LogP) is 3.02. The van der Waals surface area contributed by atoms with Gasteiger partial charge in [0.05, 0.1) is 17.3 Å². The van der Waals surface area contributed by atoms with Crippen LogP contribution in [-0.2, 0) is 6.42 Å². The van der Waals surface area contributed by atoms with Crippen molar-refractivity contribution in [2.45, 2.75) is 70.9 Å². The number of aromatic nitrogens is 2. The maximum absolute atomic E-state index is 10.8. The minimum absolute atomic E-state index is 0.486. The highest BCUT2D eigenvalue weighted by Crippen LogP contribution is 2.26. The fourth-order valence-corrected chi connectivity index (χ4v) is 3.36. The second kappa shape index (κ2) is 7.41. The van der Waals surface area contributed by atoms with E-state index in [1.165, 1.54) is 6.42 Å². The molecule has 2 heterocycles. The van der Waals surface area contributed by atoms with E-state index >= 15 is 0 Å². The maximum Gasteiger partial charge on any atom is 0.0728 e. The summed E-state index contributed by atoms with van der Waals surface area (Å²) in [6.45, 7) is 9.79. The van der Waals surface area contributed by atoms with Gasteiger partial charge < -0.3 is 10.0 Å². The number of hydrogen-bond acceptors (Lipinski definition) is 3. The molecule has 0 saturated carbocycles. The zero-order valence-electron chi connectivity index (χ0n) is 13.9. The average molecular weight is 293 g/mol. The molecule has 1 aromatic rings. The summed E-state index contributed by atoms with van der Waals surface area (Å²) in [6.07, 6.45) is 7.90. The molecule has 4 nitrogen and oxygen atoms in total. The number of aliphatic hydroxyl groups is 1. The first-order valence-electron chi connectivity index (χ1n) is 8.59. The van der Waals surface area contributed by atoms with Crippen LogP contribution in [0.3, 0.4) is 0 Å². The van der Waals surface area contributed by atoms with Crippen LogP contribution in [0.15, 0.2) is 12.3 Å². The lowest BCUT2D eigenvalue weighted by Crippen LogP contribution is -2.45. The predicted molar refractivity (Wildman–Crippen MR) is 86.5 cm³/mol. The van der Waals surface area contributed by atoms with Crippen molar-refractivity contribution in [1.82, 2.24) is 14.7 Å². The van der Waals surface area contributed by atoms with E-state index in [-0.39, 0.29) is 0 Å². The third-order valence-electron chi connectivity index (χ3n) is 4.82. The summed E-state index contributed by atoms with van der Waals surface area (Å²) in [5, 5.41) is 15.5. The summed E-state index contributed by atoms with van der Waals surface area (Å²) in [6, 6.07) is 2.56. The number of rotatable bonds is 7. The summed E-state index contributed by atoms with van der Waals surface area (Å²) in [4.78, 5) is 2.46.